The van der Waals surface area contributed by atoms with Crippen LogP contribution in [0.1, 0.15) is 19.3 Å². The molecule has 0 aromatic rings. The zero-order valence-corrected chi connectivity index (χ0v) is 11.6. The second-order valence-corrected chi connectivity index (χ2v) is 5.59. The molecule has 2 heterocycles. The summed E-state index contributed by atoms with van der Waals surface area (Å²) < 4.78 is 5.18. The molecule has 0 aromatic carbocycles. The van der Waals surface area contributed by atoms with Crippen LogP contribution in [0.4, 0.5) is 0 Å². The molecule has 0 radical (unpaired) electrons. The van der Waals surface area contributed by atoms with Crippen LogP contribution in [0, 0.1) is 11.3 Å². The fraction of sp³-hybridized carbons (Fsp3) is 0.769. The lowest BCUT2D eigenvalue weighted by Gasteiger charge is -2.33. The third kappa shape index (κ3) is 2.92. The smallest absolute Gasteiger partial charge is 0.311 e. The summed E-state index contributed by atoms with van der Waals surface area (Å²) >= 11 is 0. The Morgan fingerprint density at radius 2 is 2.10 bits per heavy atom. The van der Waals surface area contributed by atoms with Crippen molar-refractivity contribution in [2.24, 2.45) is 11.3 Å². The standard InChI is InChI=1S/C13H20N2O5/c1-15-7-9(6-10(15)16)11(17)14-8-13(12(18)19)2-4-20-5-3-13/h9H,2-8H2,1H3,(H,14,17)(H,18,19). The van der Waals surface area contributed by atoms with Gasteiger partial charge in [0.2, 0.25) is 11.8 Å². The van der Waals surface area contributed by atoms with Crippen molar-refractivity contribution < 1.29 is 24.2 Å². The number of carboxylic acid groups (broad SMARTS) is 1. The Balaban J connectivity index is 1.91. The maximum Gasteiger partial charge on any atom is 0.311 e. The summed E-state index contributed by atoms with van der Waals surface area (Å²) in [5.41, 5.74) is -0.942. The maximum absolute atomic E-state index is 12.0. The van der Waals surface area contributed by atoms with Crippen LogP contribution in [-0.4, -0.2) is 61.1 Å². The number of hydrogen-bond acceptors (Lipinski definition) is 4. The van der Waals surface area contributed by atoms with Gasteiger partial charge in [-0.15, -0.1) is 0 Å². The lowest BCUT2D eigenvalue weighted by molar-refractivity contribution is -0.154. The van der Waals surface area contributed by atoms with Crippen molar-refractivity contribution >= 4 is 17.8 Å². The van der Waals surface area contributed by atoms with Gasteiger partial charge in [-0.25, -0.2) is 0 Å². The van der Waals surface area contributed by atoms with E-state index in [1.54, 1.807) is 7.05 Å². The average molecular weight is 284 g/mol. The van der Waals surface area contributed by atoms with Gasteiger partial charge in [-0.1, -0.05) is 0 Å². The summed E-state index contributed by atoms with van der Waals surface area (Å²) in [4.78, 5) is 36.4. The van der Waals surface area contributed by atoms with Gasteiger partial charge >= 0.3 is 5.97 Å². The molecular formula is C13H20N2O5. The Bertz CT molecular complexity index is 417. The lowest BCUT2D eigenvalue weighted by atomic mass is 9.80. The zero-order chi connectivity index (χ0) is 14.8. The topological polar surface area (TPSA) is 95.9 Å². The highest BCUT2D eigenvalue weighted by atomic mass is 16.5. The number of nitrogens with one attached hydrogen (secondary N) is 1. The Labute approximate surface area is 117 Å². The molecule has 0 aliphatic carbocycles. The van der Waals surface area contributed by atoms with Crippen LogP contribution in [-0.2, 0) is 19.1 Å². The maximum atomic E-state index is 12.0. The van der Waals surface area contributed by atoms with E-state index >= 15 is 0 Å². The van der Waals surface area contributed by atoms with Crippen LogP contribution in [0.25, 0.3) is 0 Å². The van der Waals surface area contributed by atoms with E-state index in [-0.39, 0.29) is 30.7 Å². The number of rotatable bonds is 4. The predicted octanol–water partition coefficient (Wildman–Crippen LogP) is -0.538. The Morgan fingerprint density at radius 1 is 1.45 bits per heavy atom. The molecule has 2 aliphatic heterocycles. The van der Waals surface area contributed by atoms with Crippen molar-refractivity contribution in [3.63, 3.8) is 0 Å². The highest BCUT2D eigenvalue weighted by Crippen LogP contribution is 2.30. The molecule has 7 heteroatoms. The Morgan fingerprint density at radius 3 is 2.60 bits per heavy atom. The normalized spacial score (nSPS) is 25.6. The highest BCUT2D eigenvalue weighted by molar-refractivity contribution is 5.89. The van der Waals surface area contributed by atoms with E-state index in [0.29, 0.717) is 32.6 Å². The van der Waals surface area contributed by atoms with Crippen molar-refractivity contribution in [3.8, 4) is 0 Å². The third-order valence-corrected chi connectivity index (χ3v) is 4.22. The molecule has 0 aromatic heterocycles. The van der Waals surface area contributed by atoms with Crippen LogP contribution >= 0.6 is 0 Å². The first kappa shape index (κ1) is 14.8. The number of carbonyl (C=O) groups excluding carboxylic acids is 2. The first-order chi connectivity index (χ1) is 9.44. The number of amides is 2. The van der Waals surface area contributed by atoms with Crippen LogP contribution < -0.4 is 5.32 Å². The molecule has 1 atom stereocenters. The summed E-state index contributed by atoms with van der Waals surface area (Å²) in [5.74, 6) is -1.57. The molecule has 2 rings (SSSR count). The molecule has 2 fully saturated rings. The largest absolute Gasteiger partial charge is 0.481 e. The molecule has 2 saturated heterocycles. The fourth-order valence-corrected chi connectivity index (χ4v) is 2.67. The minimum atomic E-state index is -0.942. The van der Waals surface area contributed by atoms with Crippen molar-refractivity contribution in [1.29, 1.82) is 0 Å². The van der Waals surface area contributed by atoms with E-state index in [9.17, 15) is 19.5 Å². The quantitative estimate of drug-likeness (QED) is 0.723. The van der Waals surface area contributed by atoms with E-state index in [0.717, 1.165) is 0 Å². The zero-order valence-electron chi connectivity index (χ0n) is 11.6. The molecule has 112 valence electrons. The Kier molecular flexibility index (Phi) is 4.27. The fourth-order valence-electron chi connectivity index (χ4n) is 2.67. The second kappa shape index (κ2) is 5.78. The van der Waals surface area contributed by atoms with E-state index in [2.05, 4.69) is 5.32 Å². The number of hydrogen-bond donors (Lipinski definition) is 2. The summed E-state index contributed by atoms with van der Waals surface area (Å²) in [6, 6.07) is 0. The van der Waals surface area contributed by atoms with Crippen molar-refractivity contribution in [2.75, 3.05) is 33.4 Å². The molecule has 20 heavy (non-hydrogen) atoms. The van der Waals surface area contributed by atoms with E-state index in [4.69, 9.17) is 4.74 Å². The summed E-state index contributed by atoms with van der Waals surface area (Å²) in [5, 5.41) is 12.1. The average Bonchev–Trinajstić information content (AvgIpc) is 2.77. The SMILES string of the molecule is CN1CC(C(=O)NCC2(C(=O)O)CCOCC2)CC1=O. The van der Waals surface area contributed by atoms with Gasteiger partial charge in [0, 0.05) is 39.8 Å². The van der Waals surface area contributed by atoms with Gasteiger partial charge in [0.15, 0.2) is 0 Å². The van der Waals surface area contributed by atoms with E-state index in [1.165, 1.54) is 4.90 Å². The van der Waals surface area contributed by atoms with Crippen molar-refractivity contribution in [3.05, 3.63) is 0 Å². The van der Waals surface area contributed by atoms with Crippen LogP contribution in [0.3, 0.4) is 0 Å². The summed E-state index contributed by atoms with van der Waals surface area (Å²) in [6.07, 6.45) is 0.990. The number of likely N-dealkylation sites (tertiary alicyclic amines) is 1. The van der Waals surface area contributed by atoms with Gasteiger partial charge in [0.1, 0.15) is 0 Å². The number of ether oxygens (including phenoxy) is 1. The first-order valence-electron chi connectivity index (χ1n) is 6.77. The minimum Gasteiger partial charge on any atom is -0.481 e. The molecular weight excluding hydrogens is 264 g/mol. The Hall–Kier alpha value is -1.63. The second-order valence-electron chi connectivity index (χ2n) is 5.59. The van der Waals surface area contributed by atoms with Crippen LogP contribution in [0.15, 0.2) is 0 Å². The van der Waals surface area contributed by atoms with Crippen molar-refractivity contribution in [1.82, 2.24) is 10.2 Å². The van der Waals surface area contributed by atoms with E-state index in [1.807, 2.05) is 0 Å². The molecule has 0 bridgehead atoms. The molecule has 0 saturated carbocycles. The molecule has 2 aliphatic rings. The van der Waals surface area contributed by atoms with Gasteiger partial charge in [0.05, 0.1) is 11.3 Å². The number of carboxylic acids is 1. The van der Waals surface area contributed by atoms with Gasteiger partial charge in [0.25, 0.3) is 0 Å². The monoisotopic (exact) mass is 284 g/mol. The van der Waals surface area contributed by atoms with E-state index < -0.39 is 11.4 Å². The van der Waals surface area contributed by atoms with Gasteiger partial charge in [-0.2, -0.15) is 0 Å². The van der Waals surface area contributed by atoms with Gasteiger partial charge < -0.3 is 20.1 Å². The molecule has 7 nitrogen and oxygen atoms in total. The van der Waals surface area contributed by atoms with Crippen LogP contribution in [0.2, 0.25) is 0 Å². The first-order valence-corrected chi connectivity index (χ1v) is 6.77. The number of aliphatic carboxylic acids is 1. The summed E-state index contributed by atoms with van der Waals surface area (Å²) in [7, 11) is 1.66. The molecule has 2 amide bonds. The summed E-state index contributed by atoms with van der Waals surface area (Å²) in [6.45, 7) is 1.28. The third-order valence-electron chi connectivity index (χ3n) is 4.22. The van der Waals surface area contributed by atoms with Crippen molar-refractivity contribution in [2.45, 2.75) is 19.3 Å². The number of carbonyl (C=O) groups is 3. The lowest BCUT2D eigenvalue weighted by Crippen LogP contribution is -2.47. The predicted molar refractivity (Wildman–Crippen MR) is 68.9 cm³/mol. The minimum absolute atomic E-state index is 0.0517. The molecule has 1 unspecified atom stereocenters. The molecule has 0 spiro atoms. The van der Waals surface area contributed by atoms with Crippen LogP contribution in [0.5, 0.6) is 0 Å². The highest BCUT2D eigenvalue weighted by Gasteiger charge is 2.41. The van der Waals surface area contributed by atoms with Gasteiger partial charge in [-0.05, 0) is 12.8 Å². The molecule has 2 N–H and O–H groups in total. The number of nitrogens with zero attached hydrogens (tertiary/aromatic N) is 1. The van der Waals surface area contributed by atoms with Gasteiger partial charge in [-0.3, -0.25) is 14.4 Å².